The summed E-state index contributed by atoms with van der Waals surface area (Å²) in [6.45, 7) is 2.85. The van der Waals surface area contributed by atoms with Gasteiger partial charge in [0.05, 0.1) is 11.1 Å². The van der Waals surface area contributed by atoms with Crippen LogP contribution in [0.2, 0.25) is 5.02 Å². The number of hydrogen-bond acceptors (Lipinski definition) is 3. The molecular formula is C15H22ClFN2O. The lowest BCUT2D eigenvalue weighted by atomic mass is 10.0. The third-order valence-corrected chi connectivity index (χ3v) is 4.30. The minimum atomic E-state index is -0.513. The molecule has 2 rings (SSSR count). The lowest BCUT2D eigenvalue weighted by Gasteiger charge is -2.31. The summed E-state index contributed by atoms with van der Waals surface area (Å²) >= 11 is 5.68. The highest BCUT2D eigenvalue weighted by Crippen LogP contribution is 2.19. The summed E-state index contributed by atoms with van der Waals surface area (Å²) in [7, 11) is 4.11. The number of aliphatic hydroxyl groups excluding tert-OH is 1. The fourth-order valence-corrected chi connectivity index (χ4v) is 2.88. The molecule has 1 N–H and O–H groups in total. The topological polar surface area (TPSA) is 26.7 Å². The van der Waals surface area contributed by atoms with Crippen molar-refractivity contribution in [3.05, 3.63) is 34.6 Å². The van der Waals surface area contributed by atoms with E-state index >= 15 is 0 Å². The van der Waals surface area contributed by atoms with E-state index in [0.29, 0.717) is 6.42 Å². The van der Waals surface area contributed by atoms with Gasteiger partial charge >= 0.3 is 0 Å². The number of aliphatic hydroxyl groups is 1. The molecule has 1 fully saturated rings. The van der Waals surface area contributed by atoms with Gasteiger partial charge in [0, 0.05) is 19.0 Å². The highest BCUT2D eigenvalue weighted by molar-refractivity contribution is 6.30. The highest BCUT2D eigenvalue weighted by atomic mass is 35.5. The van der Waals surface area contributed by atoms with Gasteiger partial charge in [-0.1, -0.05) is 17.7 Å². The van der Waals surface area contributed by atoms with Crippen molar-refractivity contribution in [1.29, 1.82) is 0 Å². The number of benzene rings is 1. The Kier molecular flexibility index (Phi) is 5.38. The molecule has 1 aliphatic rings. The van der Waals surface area contributed by atoms with Gasteiger partial charge in [0.2, 0.25) is 0 Å². The summed E-state index contributed by atoms with van der Waals surface area (Å²) in [5, 5.41) is 10.6. The van der Waals surface area contributed by atoms with Crippen LogP contribution in [0.25, 0.3) is 0 Å². The van der Waals surface area contributed by atoms with Gasteiger partial charge in [0.1, 0.15) is 5.82 Å². The number of rotatable bonds is 3. The Morgan fingerprint density at radius 1 is 1.40 bits per heavy atom. The molecule has 1 aliphatic heterocycles. The van der Waals surface area contributed by atoms with Crippen molar-refractivity contribution in [2.24, 2.45) is 0 Å². The molecule has 5 heteroatoms. The maximum atomic E-state index is 13.4. The summed E-state index contributed by atoms with van der Waals surface area (Å²) in [4.78, 5) is 4.43. The van der Waals surface area contributed by atoms with Gasteiger partial charge in [0.25, 0.3) is 0 Å². The first-order chi connectivity index (χ1) is 9.47. The molecule has 1 saturated heterocycles. The zero-order valence-electron chi connectivity index (χ0n) is 12.0. The summed E-state index contributed by atoms with van der Waals surface area (Å²) < 4.78 is 13.4. The molecule has 1 aromatic rings. The summed E-state index contributed by atoms with van der Waals surface area (Å²) in [5.41, 5.74) is 0.778. The molecule has 112 valence electrons. The average Bonchev–Trinajstić information content (AvgIpc) is 2.56. The van der Waals surface area contributed by atoms with Crippen LogP contribution in [0.4, 0.5) is 4.39 Å². The second kappa shape index (κ2) is 6.85. The Hall–Kier alpha value is -0.680. The first kappa shape index (κ1) is 15.7. The normalized spacial score (nSPS) is 23.6. The second-order valence-corrected chi connectivity index (χ2v) is 6.09. The van der Waals surface area contributed by atoms with E-state index in [2.05, 4.69) is 16.8 Å². The highest BCUT2D eigenvalue weighted by Gasteiger charge is 2.27. The van der Waals surface area contributed by atoms with E-state index in [0.717, 1.165) is 31.6 Å². The monoisotopic (exact) mass is 300 g/mol. The minimum Gasteiger partial charge on any atom is -0.391 e. The number of nitrogens with zero attached hydrogens (tertiary/aromatic N) is 2. The lowest BCUT2D eigenvalue weighted by molar-refractivity contribution is 0.0581. The maximum Gasteiger partial charge on any atom is 0.142 e. The van der Waals surface area contributed by atoms with Crippen molar-refractivity contribution in [1.82, 2.24) is 9.80 Å². The fraction of sp³-hybridized carbons (Fsp3) is 0.600. The minimum absolute atomic E-state index is 0.0706. The molecule has 20 heavy (non-hydrogen) atoms. The first-order valence-electron chi connectivity index (χ1n) is 6.98. The SMILES string of the molecule is CN1CCCN(C)C(C(O)Cc2ccc(Cl)c(F)c2)C1. The Morgan fingerprint density at radius 3 is 2.85 bits per heavy atom. The molecular weight excluding hydrogens is 279 g/mol. The molecule has 1 heterocycles. The maximum absolute atomic E-state index is 13.4. The van der Waals surface area contributed by atoms with Crippen LogP contribution in [0.15, 0.2) is 18.2 Å². The molecule has 0 bridgehead atoms. The molecule has 3 nitrogen and oxygen atoms in total. The van der Waals surface area contributed by atoms with Gasteiger partial charge in [-0.05, 0) is 51.3 Å². The van der Waals surface area contributed by atoms with E-state index in [9.17, 15) is 9.50 Å². The standard InChI is InChI=1S/C15H22ClFN2O/c1-18-6-3-7-19(2)14(10-18)15(20)9-11-4-5-12(16)13(17)8-11/h4-5,8,14-15,20H,3,6-7,9-10H2,1-2H3. The van der Waals surface area contributed by atoms with E-state index in [-0.39, 0.29) is 11.1 Å². The second-order valence-electron chi connectivity index (χ2n) is 5.68. The molecule has 0 amide bonds. The lowest BCUT2D eigenvalue weighted by Crippen LogP contribution is -2.47. The van der Waals surface area contributed by atoms with Gasteiger partial charge in [0.15, 0.2) is 0 Å². The molecule has 1 aromatic carbocycles. The van der Waals surface area contributed by atoms with Crippen molar-refractivity contribution in [3.8, 4) is 0 Å². The van der Waals surface area contributed by atoms with Crippen molar-refractivity contribution < 1.29 is 9.50 Å². The van der Waals surface area contributed by atoms with E-state index in [4.69, 9.17) is 11.6 Å². The van der Waals surface area contributed by atoms with Crippen molar-refractivity contribution in [3.63, 3.8) is 0 Å². The third kappa shape index (κ3) is 3.92. The van der Waals surface area contributed by atoms with Gasteiger partial charge in [-0.15, -0.1) is 0 Å². The van der Waals surface area contributed by atoms with E-state index in [1.807, 2.05) is 7.05 Å². The van der Waals surface area contributed by atoms with Gasteiger partial charge in [-0.25, -0.2) is 4.39 Å². The number of hydrogen-bond donors (Lipinski definition) is 1. The Morgan fingerprint density at radius 2 is 2.15 bits per heavy atom. The molecule has 0 spiro atoms. The van der Waals surface area contributed by atoms with Crippen LogP contribution in [0.1, 0.15) is 12.0 Å². The van der Waals surface area contributed by atoms with Crippen molar-refractivity contribution in [2.45, 2.75) is 25.0 Å². The van der Waals surface area contributed by atoms with Gasteiger partial charge in [-0.2, -0.15) is 0 Å². The quantitative estimate of drug-likeness (QED) is 0.925. The molecule has 2 unspecified atom stereocenters. The zero-order chi connectivity index (χ0) is 14.7. The Labute approximate surface area is 124 Å². The van der Waals surface area contributed by atoms with E-state index in [1.54, 1.807) is 12.1 Å². The van der Waals surface area contributed by atoms with Crippen LogP contribution < -0.4 is 0 Å². The molecule has 2 atom stereocenters. The first-order valence-corrected chi connectivity index (χ1v) is 7.36. The van der Waals surface area contributed by atoms with E-state index < -0.39 is 11.9 Å². The van der Waals surface area contributed by atoms with Crippen LogP contribution in [-0.4, -0.2) is 60.8 Å². The zero-order valence-corrected chi connectivity index (χ0v) is 12.8. The smallest absolute Gasteiger partial charge is 0.142 e. The number of halogens is 2. The van der Waals surface area contributed by atoms with Crippen LogP contribution in [0, 0.1) is 5.82 Å². The predicted octanol–water partition coefficient (Wildman–Crippen LogP) is 2.02. The number of likely N-dealkylation sites (N-methyl/N-ethyl adjacent to an activating group) is 2. The molecule has 0 aliphatic carbocycles. The Balaban J connectivity index is 2.05. The van der Waals surface area contributed by atoms with Crippen LogP contribution in [-0.2, 0) is 6.42 Å². The van der Waals surface area contributed by atoms with Gasteiger partial charge in [-0.3, -0.25) is 4.90 Å². The Bertz CT molecular complexity index is 457. The average molecular weight is 301 g/mol. The molecule has 0 saturated carbocycles. The summed E-state index contributed by atoms with van der Waals surface area (Å²) in [6.07, 6.45) is 1.03. The van der Waals surface area contributed by atoms with Crippen molar-refractivity contribution >= 4 is 11.6 Å². The third-order valence-electron chi connectivity index (χ3n) is 3.99. The summed E-state index contributed by atoms with van der Waals surface area (Å²) in [5.74, 6) is -0.428. The summed E-state index contributed by atoms with van der Waals surface area (Å²) in [6, 6.07) is 4.80. The van der Waals surface area contributed by atoms with E-state index in [1.165, 1.54) is 6.07 Å². The predicted molar refractivity (Wildman–Crippen MR) is 79.7 cm³/mol. The fourth-order valence-electron chi connectivity index (χ4n) is 2.77. The molecule has 0 radical (unpaired) electrons. The molecule has 0 aromatic heterocycles. The van der Waals surface area contributed by atoms with Crippen LogP contribution >= 0.6 is 11.6 Å². The van der Waals surface area contributed by atoms with Gasteiger partial charge < -0.3 is 10.0 Å². The van der Waals surface area contributed by atoms with Crippen LogP contribution in [0.3, 0.4) is 0 Å². The van der Waals surface area contributed by atoms with Crippen LogP contribution in [0.5, 0.6) is 0 Å². The van der Waals surface area contributed by atoms with Crippen molar-refractivity contribution in [2.75, 3.05) is 33.7 Å². The largest absolute Gasteiger partial charge is 0.391 e.